The molecule has 3 atom stereocenters. The number of nitrogens with one attached hydrogen (secondary N) is 2. The average molecular weight is 406 g/mol. The van der Waals surface area contributed by atoms with E-state index in [2.05, 4.69) is 43.9 Å². The molecule has 3 aliphatic rings. The van der Waals surface area contributed by atoms with E-state index in [1.165, 1.54) is 18.4 Å². The van der Waals surface area contributed by atoms with Gasteiger partial charge in [0.05, 0.1) is 11.7 Å². The van der Waals surface area contributed by atoms with Crippen molar-refractivity contribution in [1.82, 2.24) is 25.3 Å². The number of hydrogen-bond donors (Lipinski definition) is 2. The largest absolute Gasteiger partial charge is 0.408 e. The molecule has 8 heteroatoms. The Morgan fingerprint density at radius 3 is 2.87 bits per heavy atom. The standard InChI is InChI=1S/C22H26N6O2/c1-13(20(29)28-9-7-22(5-6-22)8-10-28)24-21-27-26-19(30-21)17-11-16(17)15-4-2-3-14-12-23-25-18(14)15/h2-4,12-13,16-17H,5-11H2,1H3,(H,23,25)(H,24,27)/t13-,16?,17?/m1/s1. The second-order valence-electron chi connectivity index (χ2n) is 9.27. The highest BCUT2D eigenvalue weighted by Crippen LogP contribution is 2.55. The fourth-order valence-electron chi connectivity index (χ4n) is 4.95. The molecule has 156 valence electrons. The molecule has 0 bridgehead atoms. The summed E-state index contributed by atoms with van der Waals surface area (Å²) < 4.78 is 5.87. The minimum Gasteiger partial charge on any atom is -0.408 e. The number of piperidine rings is 1. The van der Waals surface area contributed by atoms with Crippen LogP contribution in [0, 0.1) is 5.41 Å². The van der Waals surface area contributed by atoms with Crippen LogP contribution in [0.2, 0.25) is 0 Å². The molecule has 30 heavy (non-hydrogen) atoms. The number of carbonyl (C=O) groups is 1. The van der Waals surface area contributed by atoms with E-state index < -0.39 is 0 Å². The minimum atomic E-state index is -0.375. The fourth-order valence-corrected chi connectivity index (χ4v) is 4.95. The lowest BCUT2D eigenvalue weighted by atomic mass is 9.93. The molecule has 2 N–H and O–H groups in total. The first-order chi connectivity index (χ1) is 14.6. The van der Waals surface area contributed by atoms with Crippen LogP contribution in [0.25, 0.3) is 10.9 Å². The van der Waals surface area contributed by atoms with E-state index in [-0.39, 0.29) is 17.9 Å². The zero-order valence-corrected chi connectivity index (χ0v) is 17.1. The summed E-state index contributed by atoms with van der Waals surface area (Å²) in [5, 5.41) is 19.9. The van der Waals surface area contributed by atoms with Crippen molar-refractivity contribution in [2.24, 2.45) is 5.41 Å². The number of aromatic nitrogens is 4. The smallest absolute Gasteiger partial charge is 0.316 e. The molecule has 2 aliphatic carbocycles. The van der Waals surface area contributed by atoms with Gasteiger partial charge in [0.2, 0.25) is 11.8 Å². The third kappa shape index (κ3) is 3.05. The van der Waals surface area contributed by atoms with Crippen molar-refractivity contribution < 1.29 is 9.21 Å². The minimum absolute atomic E-state index is 0.112. The number of carbonyl (C=O) groups excluding carboxylic acids is 1. The van der Waals surface area contributed by atoms with Crippen molar-refractivity contribution in [3.63, 3.8) is 0 Å². The highest BCUT2D eigenvalue weighted by atomic mass is 16.4. The number of anilines is 1. The molecule has 6 rings (SSSR count). The van der Waals surface area contributed by atoms with Crippen molar-refractivity contribution in [2.75, 3.05) is 18.4 Å². The SMILES string of the molecule is C[C@@H](Nc1nnc(C2CC2c2cccc3cn[nH]c23)o1)C(=O)N1CCC2(CC1)CC2. The van der Waals surface area contributed by atoms with Crippen molar-refractivity contribution in [1.29, 1.82) is 0 Å². The van der Waals surface area contributed by atoms with E-state index in [1.54, 1.807) is 0 Å². The van der Waals surface area contributed by atoms with Crippen LogP contribution in [0.4, 0.5) is 6.01 Å². The van der Waals surface area contributed by atoms with Crippen LogP contribution >= 0.6 is 0 Å². The highest BCUT2D eigenvalue weighted by Gasteiger charge is 2.46. The molecule has 3 heterocycles. The van der Waals surface area contributed by atoms with Gasteiger partial charge in [-0.25, -0.2) is 0 Å². The quantitative estimate of drug-likeness (QED) is 0.673. The molecule has 8 nitrogen and oxygen atoms in total. The molecule has 1 aromatic carbocycles. The van der Waals surface area contributed by atoms with Gasteiger partial charge in [-0.05, 0) is 55.9 Å². The third-order valence-corrected chi connectivity index (χ3v) is 7.26. The van der Waals surface area contributed by atoms with Gasteiger partial charge in [0.25, 0.3) is 0 Å². The fraction of sp³-hybridized carbons (Fsp3) is 0.545. The zero-order valence-electron chi connectivity index (χ0n) is 17.1. The molecule has 1 amide bonds. The number of amides is 1. The molecule has 1 saturated heterocycles. The van der Waals surface area contributed by atoms with Crippen molar-refractivity contribution in [2.45, 2.75) is 56.9 Å². The molecule has 3 aromatic rings. The number of para-hydroxylation sites is 1. The lowest BCUT2D eigenvalue weighted by molar-refractivity contribution is -0.133. The Labute approximate surface area is 174 Å². The number of aromatic amines is 1. The van der Waals surface area contributed by atoms with Gasteiger partial charge in [0, 0.05) is 24.4 Å². The summed E-state index contributed by atoms with van der Waals surface area (Å²) in [6, 6.07) is 6.19. The molecular formula is C22H26N6O2. The number of benzene rings is 1. The monoisotopic (exact) mass is 406 g/mol. The molecule has 1 aliphatic heterocycles. The molecular weight excluding hydrogens is 380 g/mol. The zero-order chi connectivity index (χ0) is 20.3. The first kappa shape index (κ1) is 17.9. The van der Waals surface area contributed by atoms with Crippen molar-refractivity contribution >= 4 is 22.8 Å². The first-order valence-electron chi connectivity index (χ1n) is 10.9. The number of fused-ring (bicyclic) bond motifs is 1. The van der Waals surface area contributed by atoms with Gasteiger partial charge in [-0.3, -0.25) is 9.89 Å². The number of hydrogen-bond acceptors (Lipinski definition) is 6. The van der Waals surface area contributed by atoms with Gasteiger partial charge in [-0.2, -0.15) is 5.10 Å². The molecule has 2 unspecified atom stereocenters. The normalized spacial score (nSPS) is 25.4. The van der Waals surface area contributed by atoms with E-state index in [0.29, 0.717) is 23.2 Å². The summed E-state index contributed by atoms with van der Waals surface area (Å²) in [4.78, 5) is 14.8. The summed E-state index contributed by atoms with van der Waals surface area (Å²) in [7, 11) is 0. The first-order valence-corrected chi connectivity index (χ1v) is 10.9. The van der Waals surface area contributed by atoms with Crippen LogP contribution in [0.5, 0.6) is 0 Å². The van der Waals surface area contributed by atoms with Crippen LogP contribution < -0.4 is 5.32 Å². The lowest BCUT2D eigenvalue weighted by Gasteiger charge is -2.33. The van der Waals surface area contributed by atoms with E-state index >= 15 is 0 Å². The summed E-state index contributed by atoms with van der Waals surface area (Å²) >= 11 is 0. The number of nitrogens with zero attached hydrogens (tertiary/aromatic N) is 4. The molecule has 2 saturated carbocycles. The topological polar surface area (TPSA) is 99.9 Å². The van der Waals surface area contributed by atoms with Crippen LogP contribution in [0.3, 0.4) is 0 Å². The number of H-pyrrole nitrogens is 1. The third-order valence-electron chi connectivity index (χ3n) is 7.26. The van der Waals surface area contributed by atoms with Crippen molar-refractivity contribution in [3.8, 4) is 0 Å². The van der Waals surface area contributed by atoms with Gasteiger partial charge in [0.1, 0.15) is 6.04 Å². The lowest BCUT2D eigenvalue weighted by Crippen LogP contribution is -2.45. The van der Waals surface area contributed by atoms with Gasteiger partial charge >= 0.3 is 6.01 Å². The maximum Gasteiger partial charge on any atom is 0.316 e. The Morgan fingerprint density at radius 1 is 1.23 bits per heavy atom. The summed E-state index contributed by atoms with van der Waals surface area (Å²) in [6.45, 7) is 3.60. The maximum absolute atomic E-state index is 12.8. The Hall–Kier alpha value is -2.90. The van der Waals surface area contributed by atoms with Crippen LogP contribution in [0.1, 0.15) is 62.3 Å². The number of likely N-dealkylation sites (tertiary alicyclic amines) is 1. The highest BCUT2D eigenvalue weighted by molar-refractivity contribution is 5.84. The van der Waals surface area contributed by atoms with Gasteiger partial charge in [0.15, 0.2) is 0 Å². The maximum atomic E-state index is 12.8. The van der Waals surface area contributed by atoms with Crippen LogP contribution in [-0.4, -0.2) is 50.3 Å². The van der Waals surface area contributed by atoms with Gasteiger partial charge in [-0.1, -0.05) is 23.3 Å². The van der Waals surface area contributed by atoms with Crippen LogP contribution in [-0.2, 0) is 4.79 Å². The second kappa shape index (κ2) is 6.55. The molecule has 1 spiro atoms. The Balaban J connectivity index is 1.09. The number of rotatable bonds is 5. The Bertz CT molecular complexity index is 1090. The average Bonchev–Trinajstić information content (AvgIpc) is 3.60. The summed E-state index contributed by atoms with van der Waals surface area (Å²) in [5.74, 6) is 1.31. The molecule has 0 radical (unpaired) electrons. The van der Waals surface area contributed by atoms with E-state index in [0.717, 1.165) is 43.3 Å². The van der Waals surface area contributed by atoms with E-state index in [1.807, 2.05) is 18.0 Å². The predicted molar refractivity (Wildman–Crippen MR) is 111 cm³/mol. The molecule has 2 aromatic heterocycles. The molecule has 3 fully saturated rings. The van der Waals surface area contributed by atoms with Crippen LogP contribution in [0.15, 0.2) is 28.8 Å². The second-order valence-corrected chi connectivity index (χ2v) is 9.27. The van der Waals surface area contributed by atoms with Gasteiger partial charge in [-0.15, -0.1) is 5.10 Å². The van der Waals surface area contributed by atoms with E-state index in [9.17, 15) is 4.79 Å². The predicted octanol–water partition coefficient (Wildman–Crippen LogP) is 3.42. The van der Waals surface area contributed by atoms with E-state index in [4.69, 9.17) is 4.42 Å². The van der Waals surface area contributed by atoms with Gasteiger partial charge < -0.3 is 14.6 Å². The summed E-state index contributed by atoms with van der Waals surface area (Å²) in [5.41, 5.74) is 2.89. The Kier molecular flexibility index (Phi) is 3.91. The Morgan fingerprint density at radius 2 is 2.07 bits per heavy atom. The van der Waals surface area contributed by atoms with Crippen molar-refractivity contribution in [3.05, 3.63) is 35.9 Å². The summed E-state index contributed by atoms with van der Waals surface area (Å²) in [6.07, 6.45) is 7.78.